The molecule has 0 aliphatic heterocycles. The number of aromatic nitrogens is 2. The van der Waals surface area contributed by atoms with Crippen LogP contribution < -0.4 is 4.74 Å². The van der Waals surface area contributed by atoms with E-state index in [4.69, 9.17) is 9.26 Å². The molecule has 1 aromatic carbocycles. The number of rotatable bonds is 7. The molecular weight excluding hydrogens is 256 g/mol. The second-order valence-electron chi connectivity index (χ2n) is 4.64. The van der Waals surface area contributed by atoms with Gasteiger partial charge in [-0.1, -0.05) is 31.1 Å². The van der Waals surface area contributed by atoms with E-state index in [9.17, 15) is 5.11 Å². The molecule has 5 heteroatoms. The highest BCUT2D eigenvalue weighted by Gasteiger charge is 2.07. The summed E-state index contributed by atoms with van der Waals surface area (Å²) in [5, 5.41) is 13.6. The molecule has 5 nitrogen and oxygen atoms in total. The SMILES string of the molecule is CCCc1nc(COc2ccc(C(O)CC)cc2)no1. The van der Waals surface area contributed by atoms with Gasteiger partial charge in [0, 0.05) is 6.42 Å². The summed E-state index contributed by atoms with van der Waals surface area (Å²) in [4.78, 5) is 4.23. The van der Waals surface area contributed by atoms with E-state index in [0.29, 0.717) is 18.1 Å². The smallest absolute Gasteiger partial charge is 0.226 e. The Morgan fingerprint density at radius 2 is 2.00 bits per heavy atom. The number of aryl methyl sites for hydroxylation is 1. The first kappa shape index (κ1) is 14.5. The van der Waals surface area contributed by atoms with Gasteiger partial charge in [-0.05, 0) is 30.5 Å². The Hall–Kier alpha value is -1.88. The molecular formula is C15H20N2O3. The molecule has 0 aliphatic rings. The third-order valence-corrected chi connectivity index (χ3v) is 2.99. The number of hydrogen-bond donors (Lipinski definition) is 1. The standard InChI is InChI=1S/C15H20N2O3/c1-3-5-15-16-14(17-20-15)10-19-12-8-6-11(7-9-12)13(18)4-2/h6-9,13,18H,3-5,10H2,1-2H3. The van der Waals surface area contributed by atoms with Crippen molar-refractivity contribution in [1.29, 1.82) is 0 Å². The third-order valence-electron chi connectivity index (χ3n) is 2.99. The van der Waals surface area contributed by atoms with E-state index in [1.54, 1.807) is 0 Å². The lowest BCUT2D eigenvalue weighted by molar-refractivity contribution is 0.173. The molecule has 0 amide bonds. The van der Waals surface area contributed by atoms with Crippen LogP contribution in [0.15, 0.2) is 28.8 Å². The highest BCUT2D eigenvalue weighted by Crippen LogP contribution is 2.20. The summed E-state index contributed by atoms with van der Waals surface area (Å²) < 4.78 is 10.7. The molecule has 1 N–H and O–H groups in total. The molecule has 2 aromatic rings. The van der Waals surface area contributed by atoms with Crippen molar-refractivity contribution in [2.45, 2.75) is 45.8 Å². The van der Waals surface area contributed by atoms with Crippen LogP contribution in [0.3, 0.4) is 0 Å². The Bertz CT molecular complexity index is 522. The third kappa shape index (κ3) is 3.81. The predicted molar refractivity (Wildman–Crippen MR) is 74.3 cm³/mol. The van der Waals surface area contributed by atoms with E-state index >= 15 is 0 Å². The molecule has 0 saturated heterocycles. The van der Waals surface area contributed by atoms with Crippen molar-refractivity contribution in [2.24, 2.45) is 0 Å². The molecule has 1 atom stereocenters. The largest absolute Gasteiger partial charge is 0.485 e. The van der Waals surface area contributed by atoms with Gasteiger partial charge in [-0.2, -0.15) is 4.98 Å². The van der Waals surface area contributed by atoms with Crippen LogP contribution in [0.1, 0.15) is 50.1 Å². The fourth-order valence-electron chi connectivity index (χ4n) is 1.83. The predicted octanol–water partition coefficient (Wildman–Crippen LogP) is 3.04. The molecule has 1 aromatic heterocycles. The molecule has 1 heterocycles. The summed E-state index contributed by atoms with van der Waals surface area (Å²) in [6.07, 6.45) is 2.04. The van der Waals surface area contributed by atoms with E-state index in [1.807, 2.05) is 31.2 Å². The molecule has 2 rings (SSSR count). The zero-order valence-corrected chi connectivity index (χ0v) is 11.9. The average Bonchev–Trinajstić information content (AvgIpc) is 2.93. The zero-order chi connectivity index (χ0) is 14.4. The zero-order valence-electron chi connectivity index (χ0n) is 11.9. The minimum atomic E-state index is -0.419. The van der Waals surface area contributed by atoms with Crippen LogP contribution in [0.25, 0.3) is 0 Å². The van der Waals surface area contributed by atoms with Crippen LogP contribution in [0.5, 0.6) is 5.75 Å². The maximum atomic E-state index is 9.71. The van der Waals surface area contributed by atoms with Gasteiger partial charge in [0.1, 0.15) is 5.75 Å². The maximum absolute atomic E-state index is 9.71. The average molecular weight is 276 g/mol. The number of ether oxygens (including phenoxy) is 1. The molecule has 1 unspecified atom stereocenters. The Morgan fingerprint density at radius 1 is 1.25 bits per heavy atom. The maximum Gasteiger partial charge on any atom is 0.226 e. The van der Waals surface area contributed by atoms with Gasteiger partial charge in [0.2, 0.25) is 11.7 Å². The lowest BCUT2D eigenvalue weighted by Crippen LogP contribution is -1.99. The van der Waals surface area contributed by atoms with Crippen molar-refractivity contribution in [3.63, 3.8) is 0 Å². The van der Waals surface area contributed by atoms with Gasteiger partial charge < -0.3 is 14.4 Å². The molecule has 0 saturated carbocycles. The molecule has 0 bridgehead atoms. The van der Waals surface area contributed by atoms with Crippen LogP contribution in [-0.2, 0) is 13.0 Å². The molecule has 0 aliphatic carbocycles. The summed E-state index contributed by atoms with van der Waals surface area (Å²) in [7, 11) is 0. The van der Waals surface area contributed by atoms with Gasteiger partial charge in [0.05, 0.1) is 6.10 Å². The van der Waals surface area contributed by atoms with Gasteiger partial charge in [0.15, 0.2) is 6.61 Å². The first-order valence-corrected chi connectivity index (χ1v) is 6.95. The number of hydrogen-bond acceptors (Lipinski definition) is 5. The highest BCUT2D eigenvalue weighted by atomic mass is 16.5. The van der Waals surface area contributed by atoms with E-state index < -0.39 is 6.10 Å². The van der Waals surface area contributed by atoms with Crippen molar-refractivity contribution >= 4 is 0 Å². The first-order valence-electron chi connectivity index (χ1n) is 6.95. The van der Waals surface area contributed by atoms with Gasteiger partial charge in [-0.25, -0.2) is 0 Å². The Balaban J connectivity index is 1.89. The van der Waals surface area contributed by atoms with Crippen LogP contribution >= 0.6 is 0 Å². The number of aliphatic hydroxyl groups excluding tert-OH is 1. The van der Waals surface area contributed by atoms with E-state index in [1.165, 1.54) is 0 Å². The fourth-order valence-corrected chi connectivity index (χ4v) is 1.83. The Morgan fingerprint density at radius 3 is 2.65 bits per heavy atom. The molecule has 20 heavy (non-hydrogen) atoms. The van der Waals surface area contributed by atoms with Gasteiger partial charge >= 0.3 is 0 Å². The van der Waals surface area contributed by atoms with Crippen molar-refractivity contribution < 1.29 is 14.4 Å². The van der Waals surface area contributed by atoms with Crippen molar-refractivity contribution in [1.82, 2.24) is 10.1 Å². The van der Waals surface area contributed by atoms with Crippen LogP contribution in [0.4, 0.5) is 0 Å². The number of benzene rings is 1. The van der Waals surface area contributed by atoms with Crippen LogP contribution in [-0.4, -0.2) is 15.2 Å². The lowest BCUT2D eigenvalue weighted by Gasteiger charge is -2.09. The van der Waals surface area contributed by atoms with Crippen LogP contribution in [0, 0.1) is 0 Å². The molecule has 0 radical (unpaired) electrons. The van der Waals surface area contributed by atoms with E-state index in [0.717, 1.165) is 24.2 Å². The molecule has 0 spiro atoms. The minimum Gasteiger partial charge on any atom is -0.485 e. The quantitative estimate of drug-likeness (QED) is 0.841. The van der Waals surface area contributed by atoms with Crippen molar-refractivity contribution in [3.05, 3.63) is 41.5 Å². The van der Waals surface area contributed by atoms with E-state index in [-0.39, 0.29) is 6.61 Å². The van der Waals surface area contributed by atoms with Gasteiger partial charge in [0.25, 0.3) is 0 Å². The van der Waals surface area contributed by atoms with E-state index in [2.05, 4.69) is 17.1 Å². The second kappa shape index (κ2) is 7.05. The summed E-state index contributed by atoms with van der Waals surface area (Å²) in [5.41, 5.74) is 0.893. The first-order chi connectivity index (χ1) is 9.72. The lowest BCUT2D eigenvalue weighted by atomic mass is 10.1. The molecule has 0 fully saturated rings. The van der Waals surface area contributed by atoms with Gasteiger partial charge in [-0.3, -0.25) is 0 Å². The minimum absolute atomic E-state index is 0.281. The summed E-state index contributed by atoms with van der Waals surface area (Å²) in [5.74, 6) is 1.91. The number of nitrogens with zero attached hydrogens (tertiary/aromatic N) is 2. The molecule has 108 valence electrons. The second-order valence-corrected chi connectivity index (χ2v) is 4.64. The van der Waals surface area contributed by atoms with Crippen molar-refractivity contribution in [3.8, 4) is 5.75 Å². The summed E-state index contributed by atoms with van der Waals surface area (Å²) >= 11 is 0. The van der Waals surface area contributed by atoms with Crippen LogP contribution in [0.2, 0.25) is 0 Å². The monoisotopic (exact) mass is 276 g/mol. The topological polar surface area (TPSA) is 68.4 Å². The Labute approximate surface area is 118 Å². The van der Waals surface area contributed by atoms with Crippen molar-refractivity contribution in [2.75, 3.05) is 0 Å². The number of aliphatic hydroxyl groups is 1. The Kier molecular flexibility index (Phi) is 5.12. The summed E-state index contributed by atoms with van der Waals surface area (Å²) in [6, 6.07) is 7.40. The summed E-state index contributed by atoms with van der Waals surface area (Å²) in [6.45, 7) is 4.29. The normalized spacial score (nSPS) is 12.3. The fraction of sp³-hybridized carbons (Fsp3) is 0.467. The highest BCUT2D eigenvalue weighted by molar-refractivity contribution is 5.28. The van der Waals surface area contributed by atoms with Gasteiger partial charge in [-0.15, -0.1) is 0 Å².